The maximum Gasteiger partial charge on any atom is 0.267 e. The van der Waals surface area contributed by atoms with E-state index in [0.29, 0.717) is 13.0 Å². The Morgan fingerprint density at radius 2 is 2.31 bits per heavy atom. The largest absolute Gasteiger partial charge is 0.394 e. The molecule has 4 nitrogen and oxygen atoms in total. The van der Waals surface area contributed by atoms with E-state index in [-0.39, 0.29) is 18.4 Å². The van der Waals surface area contributed by atoms with Gasteiger partial charge in [0.15, 0.2) is 0 Å². The van der Waals surface area contributed by atoms with Crippen LogP contribution in [0, 0.1) is 5.92 Å². The average Bonchev–Trinajstić information content (AvgIpc) is 2.83. The first-order valence-electron chi connectivity index (χ1n) is 5.53. The van der Waals surface area contributed by atoms with Crippen molar-refractivity contribution in [2.24, 2.45) is 5.92 Å². The van der Waals surface area contributed by atoms with Crippen molar-refractivity contribution in [2.45, 2.75) is 24.8 Å². The summed E-state index contributed by atoms with van der Waals surface area (Å²) in [5.41, 5.74) is 0. The Hall–Kier alpha value is -0.750. The van der Waals surface area contributed by atoms with E-state index >= 15 is 0 Å². The predicted octanol–water partition coefficient (Wildman–Crippen LogP) is -0.176. The maximum absolute atomic E-state index is 13.2. The van der Waals surface area contributed by atoms with E-state index in [9.17, 15) is 13.6 Å². The fourth-order valence-electron chi connectivity index (χ4n) is 2.42. The Morgan fingerprint density at radius 3 is 2.88 bits per heavy atom. The summed E-state index contributed by atoms with van der Waals surface area (Å²) < 4.78 is 26.3. The molecule has 2 heterocycles. The number of rotatable bonds is 2. The highest BCUT2D eigenvalue weighted by Gasteiger charge is 2.47. The molecule has 0 saturated carbocycles. The Bertz CT molecular complexity index is 280. The number of halogens is 2. The number of carbonyl (C=O) groups excluding carboxylic acids is 1. The lowest BCUT2D eigenvalue weighted by molar-refractivity contribution is -0.137. The molecule has 0 spiro atoms. The summed E-state index contributed by atoms with van der Waals surface area (Å²) in [6.07, 6.45) is 0.272. The van der Waals surface area contributed by atoms with Crippen molar-refractivity contribution in [3.8, 4) is 0 Å². The summed E-state index contributed by atoms with van der Waals surface area (Å²) in [6, 6.07) is -0.719. The van der Waals surface area contributed by atoms with Crippen LogP contribution < -0.4 is 5.32 Å². The van der Waals surface area contributed by atoms with Gasteiger partial charge in [-0.1, -0.05) is 0 Å². The van der Waals surface area contributed by atoms with E-state index in [2.05, 4.69) is 5.32 Å². The minimum Gasteiger partial charge on any atom is -0.394 e. The molecule has 0 radical (unpaired) electrons. The number of likely N-dealkylation sites (tertiary alicyclic amines) is 1. The molecule has 92 valence electrons. The third kappa shape index (κ3) is 2.17. The molecule has 2 saturated heterocycles. The van der Waals surface area contributed by atoms with Crippen molar-refractivity contribution in [3.63, 3.8) is 0 Å². The van der Waals surface area contributed by atoms with Crippen molar-refractivity contribution < 1.29 is 18.7 Å². The standard InChI is InChI=1S/C10H16F2N2O2/c11-10(12)3-8(5-15)14(6-10)9(16)7-1-2-13-4-7/h7-8,13,15H,1-6H2/t7-,8+/m0/s1. The van der Waals surface area contributed by atoms with Crippen LogP contribution in [0.25, 0.3) is 0 Å². The van der Waals surface area contributed by atoms with Gasteiger partial charge < -0.3 is 15.3 Å². The van der Waals surface area contributed by atoms with E-state index in [0.717, 1.165) is 11.4 Å². The lowest BCUT2D eigenvalue weighted by Crippen LogP contribution is -2.42. The van der Waals surface area contributed by atoms with E-state index < -0.39 is 24.9 Å². The van der Waals surface area contributed by atoms with Crippen molar-refractivity contribution in [1.29, 1.82) is 0 Å². The van der Waals surface area contributed by atoms with Crippen molar-refractivity contribution >= 4 is 5.91 Å². The van der Waals surface area contributed by atoms with Crippen LogP contribution in [0.1, 0.15) is 12.8 Å². The molecule has 0 bridgehead atoms. The summed E-state index contributed by atoms with van der Waals surface area (Å²) in [7, 11) is 0. The van der Waals surface area contributed by atoms with Gasteiger partial charge in [-0.3, -0.25) is 4.79 Å². The number of carbonyl (C=O) groups is 1. The molecular formula is C10H16F2N2O2. The smallest absolute Gasteiger partial charge is 0.267 e. The van der Waals surface area contributed by atoms with Gasteiger partial charge in [-0.25, -0.2) is 8.78 Å². The van der Waals surface area contributed by atoms with Gasteiger partial charge in [-0.05, 0) is 13.0 Å². The third-order valence-corrected chi connectivity index (χ3v) is 3.28. The van der Waals surface area contributed by atoms with E-state index in [1.807, 2.05) is 0 Å². The van der Waals surface area contributed by atoms with E-state index in [1.165, 1.54) is 0 Å². The summed E-state index contributed by atoms with van der Waals surface area (Å²) in [5.74, 6) is -3.31. The van der Waals surface area contributed by atoms with Crippen LogP contribution in [0.2, 0.25) is 0 Å². The summed E-state index contributed by atoms with van der Waals surface area (Å²) in [4.78, 5) is 13.1. The zero-order valence-electron chi connectivity index (χ0n) is 8.96. The maximum atomic E-state index is 13.2. The van der Waals surface area contributed by atoms with Gasteiger partial charge in [-0.15, -0.1) is 0 Å². The van der Waals surface area contributed by atoms with Crippen LogP contribution >= 0.6 is 0 Å². The van der Waals surface area contributed by atoms with Gasteiger partial charge in [-0.2, -0.15) is 0 Å². The zero-order valence-corrected chi connectivity index (χ0v) is 8.96. The van der Waals surface area contributed by atoms with E-state index in [1.54, 1.807) is 0 Å². The van der Waals surface area contributed by atoms with Crippen molar-refractivity contribution in [3.05, 3.63) is 0 Å². The average molecular weight is 234 g/mol. The first-order chi connectivity index (χ1) is 7.53. The van der Waals surface area contributed by atoms with Gasteiger partial charge in [0.1, 0.15) is 0 Å². The highest BCUT2D eigenvalue weighted by Crippen LogP contribution is 2.33. The fourth-order valence-corrected chi connectivity index (χ4v) is 2.42. The molecule has 0 aromatic rings. The number of hydrogen-bond donors (Lipinski definition) is 2. The minimum absolute atomic E-state index is 0.206. The SMILES string of the molecule is O=C([C@H]1CCNC1)N1CC(F)(F)C[C@@H]1CO. The molecule has 16 heavy (non-hydrogen) atoms. The van der Waals surface area contributed by atoms with Crippen LogP contribution in [0.4, 0.5) is 8.78 Å². The molecule has 1 amide bonds. The van der Waals surface area contributed by atoms with Crippen LogP contribution in [-0.4, -0.2) is 54.1 Å². The minimum atomic E-state index is -2.85. The highest BCUT2D eigenvalue weighted by molar-refractivity contribution is 5.80. The lowest BCUT2D eigenvalue weighted by Gasteiger charge is -2.25. The topological polar surface area (TPSA) is 52.6 Å². The first kappa shape index (κ1) is 11.7. The Kier molecular flexibility index (Phi) is 3.12. The molecular weight excluding hydrogens is 218 g/mol. The van der Waals surface area contributed by atoms with Gasteiger partial charge in [0, 0.05) is 13.0 Å². The molecule has 2 rings (SSSR count). The molecule has 2 aliphatic rings. The van der Waals surface area contributed by atoms with Crippen LogP contribution in [0.3, 0.4) is 0 Å². The van der Waals surface area contributed by atoms with Gasteiger partial charge in [0.2, 0.25) is 5.91 Å². The summed E-state index contributed by atoms with van der Waals surface area (Å²) in [6.45, 7) is 0.374. The number of aliphatic hydroxyl groups is 1. The molecule has 0 unspecified atom stereocenters. The monoisotopic (exact) mass is 234 g/mol. The predicted molar refractivity (Wildman–Crippen MR) is 53.1 cm³/mol. The molecule has 6 heteroatoms. The summed E-state index contributed by atoms with van der Waals surface area (Å²) in [5, 5.41) is 12.1. The Balaban J connectivity index is 2.04. The first-order valence-corrected chi connectivity index (χ1v) is 5.53. The van der Waals surface area contributed by atoms with Crippen LogP contribution in [0.15, 0.2) is 0 Å². The molecule has 0 aromatic heterocycles. The molecule has 2 N–H and O–H groups in total. The lowest BCUT2D eigenvalue weighted by atomic mass is 10.1. The second kappa shape index (κ2) is 4.25. The number of nitrogens with zero attached hydrogens (tertiary/aromatic N) is 1. The van der Waals surface area contributed by atoms with Gasteiger partial charge in [0.25, 0.3) is 5.92 Å². The number of aliphatic hydroxyl groups excluding tert-OH is 1. The second-order valence-corrected chi connectivity index (χ2v) is 4.55. The van der Waals surface area contributed by atoms with Crippen molar-refractivity contribution in [1.82, 2.24) is 10.2 Å². The number of hydrogen-bond acceptors (Lipinski definition) is 3. The quantitative estimate of drug-likeness (QED) is 0.697. The molecule has 2 fully saturated rings. The number of alkyl halides is 2. The molecule has 0 aliphatic carbocycles. The zero-order chi connectivity index (χ0) is 11.8. The van der Waals surface area contributed by atoms with Gasteiger partial charge >= 0.3 is 0 Å². The highest BCUT2D eigenvalue weighted by atomic mass is 19.3. The van der Waals surface area contributed by atoms with Crippen molar-refractivity contribution in [2.75, 3.05) is 26.2 Å². The number of nitrogens with one attached hydrogen (secondary N) is 1. The van der Waals surface area contributed by atoms with E-state index in [4.69, 9.17) is 5.11 Å². The Morgan fingerprint density at radius 1 is 1.56 bits per heavy atom. The molecule has 0 aromatic carbocycles. The van der Waals surface area contributed by atoms with Gasteiger partial charge in [0.05, 0.1) is 25.1 Å². The second-order valence-electron chi connectivity index (χ2n) is 4.55. The van der Waals surface area contributed by atoms with Crippen LogP contribution in [-0.2, 0) is 4.79 Å². The molecule has 2 aliphatic heterocycles. The van der Waals surface area contributed by atoms with Crippen LogP contribution in [0.5, 0.6) is 0 Å². The Labute approximate surface area is 92.6 Å². The summed E-state index contributed by atoms with van der Waals surface area (Å²) >= 11 is 0. The molecule has 2 atom stereocenters. The normalized spacial score (nSPS) is 33.3. The third-order valence-electron chi connectivity index (χ3n) is 3.28. The fraction of sp³-hybridized carbons (Fsp3) is 0.900. The number of amides is 1.